The van der Waals surface area contributed by atoms with E-state index < -0.39 is 10.8 Å². The molecule has 27 heavy (non-hydrogen) atoms. The van der Waals surface area contributed by atoms with Crippen LogP contribution in [-0.2, 0) is 21.3 Å². The van der Waals surface area contributed by atoms with Gasteiger partial charge in [-0.15, -0.1) is 0 Å². The minimum absolute atomic E-state index is 0.0164. The molecule has 1 aromatic heterocycles. The van der Waals surface area contributed by atoms with E-state index in [1.165, 1.54) is 12.8 Å². The molecule has 146 valence electrons. The predicted octanol–water partition coefficient (Wildman–Crippen LogP) is 4.05. The van der Waals surface area contributed by atoms with Crippen LogP contribution in [0, 0.1) is 13.8 Å². The van der Waals surface area contributed by atoms with Crippen LogP contribution in [0.3, 0.4) is 0 Å². The molecule has 1 N–H and O–H groups in total. The van der Waals surface area contributed by atoms with Gasteiger partial charge in [0.1, 0.15) is 11.5 Å². The maximum atomic E-state index is 12.5. The van der Waals surface area contributed by atoms with Crippen molar-refractivity contribution in [2.24, 2.45) is 0 Å². The first-order chi connectivity index (χ1) is 13.0. The van der Waals surface area contributed by atoms with Crippen LogP contribution in [0.25, 0.3) is 11.5 Å². The van der Waals surface area contributed by atoms with Gasteiger partial charge in [0.05, 0.1) is 11.4 Å². The number of aryl methyl sites for hydroxylation is 2. The zero-order chi connectivity index (χ0) is 19.2. The van der Waals surface area contributed by atoms with Gasteiger partial charge in [-0.25, -0.2) is 4.98 Å². The molecular weight excluding hydrogens is 360 g/mol. The SMILES string of the molecule is Cc1ccccc1-c1nc(CS(=O)CC(=O)NC2CCCCCC2)c(C)o1. The molecule has 1 aromatic carbocycles. The Labute approximate surface area is 163 Å². The summed E-state index contributed by atoms with van der Waals surface area (Å²) in [4.78, 5) is 16.8. The molecule has 1 saturated carbocycles. The lowest BCUT2D eigenvalue weighted by Gasteiger charge is -2.15. The number of hydrogen-bond donors (Lipinski definition) is 1. The number of hydrogen-bond acceptors (Lipinski definition) is 4. The van der Waals surface area contributed by atoms with E-state index >= 15 is 0 Å². The maximum absolute atomic E-state index is 12.5. The van der Waals surface area contributed by atoms with Gasteiger partial charge in [-0.1, -0.05) is 43.9 Å². The molecule has 0 spiro atoms. The Hall–Kier alpha value is -1.95. The third kappa shape index (κ3) is 5.51. The van der Waals surface area contributed by atoms with Crippen molar-refractivity contribution in [3.63, 3.8) is 0 Å². The van der Waals surface area contributed by atoms with Crippen LogP contribution in [0.4, 0.5) is 0 Å². The summed E-state index contributed by atoms with van der Waals surface area (Å²) in [6.07, 6.45) is 6.86. The van der Waals surface area contributed by atoms with Crippen LogP contribution >= 0.6 is 0 Å². The molecular formula is C21H28N2O3S. The second-order valence-corrected chi connectivity index (χ2v) is 8.78. The van der Waals surface area contributed by atoms with E-state index in [4.69, 9.17) is 4.42 Å². The smallest absolute Gasteiger partial charge is 0.232 e. The highest BCUT2D eigenvalue weighted by molar-refractivity contribution is 7.84. The fourth-order valence-corrected chi connectivity index (χ4v) is 4.58. The first-order valence-corrected chi connectivity index (χ1v) is 11.2. The van der Waals surface area contributed by atoms with Gasteiger partial charge in [-0.05, 0) is 38.3 Å². The number of nitrogens with zero attached hydrogens (tertiary/aromatic N) is 1. The van der Waals surface area contributed by atoms with E-state index in [0.717, 1.165) is 36.8 Å². The molecule has 0 saturated heterocycles. The summed E-state index contributed by atoms with van der Waals surface area (Å²) in [5, 5.41) is 3.05. The van der Waals surface area contributed by atoms with Crippen molar-refractivity contribution in [2.45, 2.75) is 64.2 Å². The molecule has 0 bridgehead atoms. The summed E-state index contributed by atoms with van der Waals surface area (Å²) in [6.45, 7) is 3.83. The first-order valence-electron chi connectivity index (χ1n) is 9.69. The summed E-state index contributed by atoms with van der Waals surface area (Å²) < 4.78 is 18.2. The Morgan fingerprint density at radius 2 is 1.89 bits per heavy atom. The molecule has 1 fully saturated rings. The van der Waals surface area contributed by atoms with Gasteiger partial charge < -0.3 is 9.73 Å². The zero-order valence-corrected chi connectivity index (χ0v) is 16.9. The van der Waals surface area contributed by atoms with E-state index in [2.05, 4.69) is 10.3 Å². The van der Waals surface area contributed by atoms with Gasteiger partial charge in [0.15, 0.2) is 0 Å². The van der Waals surface area contributed by atoms with Crippen LogP contribution in [0.5, 0.6) is 0 Å². The van der Waals surface area contributed by atoms with Crippen molar-refractivity contribution >= 4 is 16.7 Å². The Bertz CT molecular complexity index is 808. The number of rotatable bonds is 6. The molecule has 1 aliphatic carbocycles. The molecule has 6 heteroatoms. The Morgan fingerprint density at radius 3 is 2.59 bits per heavy atom. The van der Waals surface area contributed by atoms with Crippen LogP contribution < -0.4 is 5.32 Å². The Balaban J connectivity index is 1.58. The maximum Gasteiger partial charge on any atom is 0.232 e. The van der Waals surface area contributed by atoms with Gasteiger partial charge in [-0.2, -0.15) is 0 Å². The van der Waals surface area contributed by atoms with Crippen LogP contribution in [0.1, 0.15) is 55.5 Å². The molecule has 1 amide bonds. The number of nitrogens with one attached hydrogen (secondary N) is 1. The lowest BCUT2D eigenvalue weighted by Crippen LogP contribution is -2.37. The number of oxazole rings is 1. The topological polar surface area (TPSA) is 72.2 Å². The second-order valence-electron chi connectivity index (χ2n) is 7.32. The zero-order valence-electron chi connectivity index (χ0n) is 16.1. The fraction of sp³-hybridized carbons (Fsp3) is 0.524. The Morgan fingerprint density at radius 1 is 1.19 bits per heavy atom. The predicted molar refractivity (Wildman–Crippen MR) is 108 cm³/mol. The van der Waals surface area contributed by atoms with Crippen molar-refractivity contribution < 1.29 is 13.4 Å². The number of aromatic nitrogens is 1. The fourth-order valence-electron chi connectivity index (χ4n) is 3.53. The van der Waals surface area contributed by atoms with Crippen molar-refractivity contribution in [1.29, 1.82) is 0 Å². The highest BCUT2D eigenvalue weighted by Crippen LogP contribution is 2.25. The third-order valence-electron chi connectivity index (χ3n) is 5.08. The summed E-state index contributed by atoms with van der Waals surface area (Å²) in [5.74, 6) is 1.33. The molecule has 0 aliphatic heterocycles. The summed E-state index contributed by atoms with van der Waals surface area (Å²) in [5.41, 5.74) is 2.67. The molecule has 5 nitrogen and oxygen atoms in total. The summed E-state index contributed by atoms with van der Waals surface area (Å²) >= 11 is 0. The minimum Gasteiger partial charge on any atom is -0.441 e. The van der Waals surface area contributed by atoms with Crippen molar-refractivity contribution in [1.82, 2.24) is 10.3 Å². The standard InChI is InChI=1S/C21H28N2O3S/c1-15-9-7-8-12-18(15)21-23-19(16(2)26-21)13-27(25)14-20(24)22-17-10-5-3-4-6-11-17/h7-9,12,17H,3-6,10-11,13-14H2,1-2H3,(H,22,24). The third-order valence-corrected chi connectivity index (χ3v) is 6.26. The molecule has 3 rings (SSSR count). The lowest BCUT2D eigenvalue weighted by atomic mass is 10.1. The number of carbonyl (C=O) groups excluding carboxylic acids is 1. The van der Waals surface area contributed by atoms with Gasteiger partial charge in [0, 0.05) is 22.4 Å². The average molecular weight is 389 g/mol. The van der Waals surface area contributed by atoms with Gasteiger partial charge in [0.25, 0.3) is 0 Å². The monoisotopic (exact) mass is 388 g/mol. The van der Waals surface area contributed by atoms with Crippen LogP contribution in [0.15, 0.2) is 28.7 Å². The van der Waals surface area contributed by atoms with E-state index in [9.17, 15) is 9.00 Å². The molecule has 1 heterocycles. The lowest BCUT2D eigenvalue weighted by molar-refractivity contribution is -0.119. The average Bonchev–Trinajstić information content (AvgIpc) is 2.82. The Kier molecular flexibility index (Phi) is 6.83. The summed E-state index contributed by atoms with van der Waals surface area (Å²) in [7, 11) is -1.30. The molecule has 0 radical (unpaired) electrons. The highest BCUT2D eigenvalue weighted by Gasteiger charge is 2.19. The van der Waals surface area contributed by atoms with Crippen LogP contribution in [0.2, 0.25) is 0 Å². The van der Waals surface area contributed by atoms with Gasteiger partial charge >= 0.3 is 0 Å². The van der Waals surface area contributed by atoms with Gasteiger partial charge in [-0.3, -0.25) is 9.00 Å². The number of carbonyl (C=O) groups is 1. The van der Waals surface area contributed by atoms with Crippen molar-refractivity contribution in [3.8, 4) is 11.5 Å². The normalized spacial score (nSPS) is 16.7. The largest absolute Gasteiger partial charge is 0.441 e. The summed E-state index contributed by atoms with van der Waals surface area (Å²) in [6, 6.07) is 8.11. The van der Waals surface area contributed by atoms with E-state index in [1.807, 2.05) is 38.1 Å². The molecule has 1 unspecified atom stereocenters. The van der Waals surface area contributed by atoms with Crippen LogP contribution in [-0.4, -0.2) is 26.9 Å². The van der Waals surface area contributed by atoms with Crippen molar-refractivity contribution in [3.05, 3.63) is 41.3 Å². The van der Waals surface area contributed by atoms with E-state index in [1.54, 1.807) is 0 Å². The molecule has 1 atom stereocenters. The molecule has 1 aliphatic rings. The number of amides is 1. The number of benzene rings is 1. The highest BCUT2D eigenvalue weighted by atomic mass is 32.2. The second kappa shape index (κ2) is 9.31. The van der Waals surface area contributed by atoms with E-state index in [0.29, 0.717) is 17.3 Å². The quantitative estimate of drug-likeness (QED) is 0.758. The first kappa shape index (κ1) is 19.8. The van der Waals surface area contributed by atoms with E-state index in [-0.39, 0.29) is 23.5 Å². The van der Waals surface area contributed by atoms with Crippen molar-refractivity contribution in [2.75, 3.05) is 5.75 Å². The van der Waals surface area contributed by atoms with Gasteiger partial charge in [0.2, 0.25) is 11.8 Å². The molecule has 2 aromatic rings. The minimum atomic E-state index is -1.30.